The molecule has 0 aromatic heterocycles. The Hall–Kier alpha value is -1.30. The van der Waals surface area contributed by atoms with E-state index >= 15 is 0 Å². The number of carbonyl (C=O) groups is 2. The molecule has 2 rings (SSSR count). The van der Waals surface area contributed by atoms with E-state index in [1.807, 2.05) is 41.5 Å². The second kappa shape index (κ2) is 7.52. The molecule has 1 N–H and O–H groups in total. The van der Waals surface area contributed by atoms with Crippen LogP contribution in [0, 0.1) is 17.8 Å². The average Bonchev–Trinajstić information content (AvgIpc) is 2.93. The Morgan fingerprint density at radius 2 is 1.48 bits per heavy atom. The molecule has 0 spiro atoms. The fraction of sp³-hybridized carbons (Fsp3) is 0.895. The Bertz CT molecular complexity index is 485. The Balaban J connectivity index is 1.89. The summed E-state index contributed by atoms with van der Waals surface area (Å²) < 4.78 is 11.0. The van der Waals surface area contributed by atoms with Crippen LogP contribution in [0.4, 0.5) is 4.79 Å². The van der Waals surface area contributed by atoms with Crippen LogP contribution in [-0.4, -0.2) is 54.3 Å². The van der Waals surface area contributed by atoms with Gasteiger partial charge >= 0.3 is 12.1 Å². The monoisotopic (exact) mass is 354 g/mol. The van der Waals surface area contributed by atoms with Gasteiger partial charge < -0.3 is 19.7 Å². The smallest absolute Gasteiger partial charge is 0.410 e. The van der Waals surface area contributed by atoms with Crippen molar-refractivity contribution in [1.82, 2.24) is 10.2 Å². The lowest BCUT2D eigenvalue weighted by Gasteiger charge is -2.37. The van der Waals surface area contributed by atoms with Crippen molar-refractivity contribution >= 4 is 12.1 Å². The lowest BCUT2D eigenvalue weighted by molar-refractivity contribution is -0.161. The summed E-state index contributed by atoms with van der Waals surface area (Å²) in [7, 11) is 0. The van der Waals surface area contributed by atoms with Crippen LogP contribution in [0.1, 0.15) is 54.4 Å². The number of carbonyl (C=O) groups excluding carboxylic acids is 2. The van der Waals surface area contributed by atoms with Crippen LogP contribution in [0.25, 0.3) is 0 Å². The van der Waals surface area contributed by atoms with Crippen molar-refractivity contribution in [2.75, 3.05) is 26.2 Å². The first-order chi connectivity index (χ1) is 11.5. The van der Waals surface area contributed by atoms with Gasteiger partial charge in [0.15, 0.2) is 0 Å². The molecule has 0 aromatic carbocycles. The van der Waals surface area contributed by atoms with Crippen LogP contribution in [0.2, 0.25) is 0 Å². The van der Waals surface area contributed by atoms with Gasteiger partial charge in [0.1, 0.15) is 11.2 Å². The van der Waals surface area contributed by atoms with Gasteiger partial charge in [-0.15, -0.1) is 0 Å². The number of piperidine rings is 1. The van der Waals surface area contributed by atoms with Gasteiger partial charge in [0.25, 0.3) is 0 Å². The van der Waals surface area contributed by atoms with Gasteiger partial charge in [-0.2, -0.15) is 0 Å². The van der Waals surface area contributed by atoms with Crippen molar-refractivity contribution in [3.05, 3.63) is 0 Å². The van der Waals surface area contributed by atoms with Gasteiger partial charge in [0.05, 0.1) is 5.92 Å². The molecule has 2 aliphatic rings. The lowest BCUT2D eigenvalue weighted by Crippen LogP contribution is -2.44. The second-order valence-electron chi connectivity index (χ2n) is 9.27. The Labute approximate surface area is 151 Å². The molecule has 25 heavy (non-hydrogen) atoms. The summed E-state index contributed by atoms with van der Waals surface area (Å²) in [5.74, 6) is 0.538. The predicted molar refractivity (Wildman–Crippen MR) is 96.2 cm³/mol. The summed E-state index contributed by atoms with van der Waals surface area (Å²) in [6.07, 6.45) is 1.58. The number of hydrogen-bond acceptors (Lipinski definition) is 5. The van der Waals surface area contributed by atoms with Gasteiger partial charge in [0.2, 0.25) is 0 Å². The molecule has 2 unspecified atom stereocenters. The summed E-state index contributed by atoms with van der Waals surface area (Å²) in [4.78, 5) is 26.5. The van der Waals surface area contributed by atoms with Crippen molar-refractivity contribution in [1.29, 1.82) is 0 Å². The molecule has 0 aromatic rings. The van der Waals surface area contributed by atoms with Crippen molar-refractivity contribution in [3.63, 3.8) is 0 Å². The summed E-state index contributed by atoms with van der Waals surface area (Å²) in [6, 6.07) is 0. The number of hydrogen-bond donors (Lipinski definition) is 1. The van der Waals surface area contributed by atoms with E-state index in [2.05, 4.69) is 5.32 Å². The first-order valence-electron chi connectivity index (χ1n) is 9.38. The van der Waals surface area contributed by atoms with E-state index in [9.17, 15) is 9.59 Å². The Morgan fingerprint density at radius 3 is 2.00 bits per heavy atom. The first kappa shape index (κ1) is 20.0. The highest BCUT2D eigenvalue weighted by Crippen LogP contribution is 2.34. The van der Waals surface area contributed by atoms with Crippen LogP contribution in [0.15, 0.2) is 0 Å². The number of esters is 1. The number of nitrogens with zero attached hydrogens (tertiary/aromatic N) is 1. The summed E-state index contributed by atoms with van der Waals surface area (Å²) >= 11 is 0. The maximum atomic E-state index is 12.5. The van der Waals surface area contributed by atoms with Crippen molar-refractivity contribution in [3.8, 4) is 0 Å². The van der Waals surface area contributed by atoms with Crippen molar-refractivity contribution in [2.45, 2.75) is 65.6 Å². The minimum atomic E-state index is -0.467. The van der Waals surface area contributed by atoms with Crippen molar-refractivity contribution < 1.29 is 19.1 Å². The second-order valence-corrected chi connectivity index (χ2v) is 9.27. The van der Waals surface area contributed by atoms with Crippen LogP contribution in [0.3, 0.4) is 0 Å². The SMILES string of the molecule is CC(C)(C)OC(=O)C1CNCC1C1CCN(C(=O)OC(C)(C)C)CC1. The van der Waals surface area contributed by atoms with E-state index in [1.165, 1.54) is 0 Å². The molecule has 0 saturated carbocycles. The molecule has 2 saturated heterocycles. The Kier molecular flexibility index (Phi) is 6.02. The van der Waals surface area contributed by atoms with E-state index in [0.29, 0.717) is 25.6 Å². The average molecular weight is 354 g/mol. The number of likely N-dealkylation sites (tertiary alicyclic amines) is 1. The maximum Gasteiger partial charge on any atom is 0.410 e. The fourth-order valence-electron chi connectivity index (χ4n) is 3.67. The molecule has 0 aliphatic carbocycles. The highest BCUT2D eigenvalue weighted by atomic mass is 16.6. The topological polar surface area (TPSA) is 67.9 Å². The number of ether oxygens (including phenoxy) is 2. The Morgan fingerprint density at radius 1 is 0.920 bits per heavy atom. The maximum absolute atomic E-state index is 12.5. The molecule has 2 fully saturated rings. The number of nitrogens with one attached hydrogen (secondary N) is 1. The molecule has 0 radical (unpaired) electrons. The van der Waals surface area contributed by atoms with Gasteiger partial charge in [-0.1, -0.05) is 0 Å². The van der Waals surface area contributed by atoms with E-state index < -0.39 is 11.2 Å². The molecule has 2 heterocycles. The molecule has 0 bridgehead atoms. The first-order valence-corrected chi connectivity index (χ1v) is 9.38. The third-order valence-electron chi connectivity index (χ3n) is 4.77. The molecule has 144 valence electrons. The zero-order valence-electron chi connectivity index (χ0n) is 16.6. The van der Waals surface area contributed by atoms with Gasteiger partial charge in [-0.25, -0.2) is 4.79 Å². The van der Waals surface area contributed by atoms with Gasteiger partial charge in [0, 0.05) is 19.6 Å². The van der Waals surface area contributed by atoms with Gasteiger partial charge in [-0.05, 0) is 72.8 Å². The van der Waals surface area contributed by atoms with E-state index in [1.54, 1.807) is 4.90 Å². The minimum absolute atomic E-state index is 0.0858. The summed E-state index contributed by atoms with van der Waals surface area (Å²) in [5.41, 5.74) is -0.921. The standard InChI is InChI=1S/C19H34N2O4/c1-18(2,3)24-16(22)15-12-20-11-14(15)13-7-9-21(10-8-13)17(23)25-19(4,5)6/h13-15,20H,7-12H2,1-6H3. The molecule has 1 amide bonds. The highest BCUT2D eigenvalue weighted by molar-refractivity contribution is 5.74. The van der Waals surface area contributed by atoms with Crippen LogP contribution >= 0.6 is 0 Å². The summed E-state index contributed by atoms with van der Waals surface area (Å²) in [6.45, 7) is 14.3. The predicted octanol–water partition coefficient (Wildman–Crippen LogP) is 2.81. The molecular weight excluding hydrogens is 320 g/mol. The largest absolute Gasteiger partial charge is 0.460 e. The summed E-state index contributed by atoms with van der Waals surface area (Å²) in [5, 5.41) is 3.35. The molecule has 6 heteroatoms. The van der Waals surface area contributed by atoms with Crippen LogP contribution < -0.4 is 5.32 Å². The third-order valence-corrected chi connectivity index (χ3v) is 4.77. The van der Waals surface area contributed by atoms with Crippen LogP contribution in [-0.2, 0) is 14.3 Å². The molecule has 2 atom stereocenters. The normalized spacial score (nSPS) is 25.8. The highest BCUT2D eigenvalue weighted by Gasteiger charge is 2.41. The fourth-order valence-corrected chi connectivity index (χ4v) is 3.67. The molecule has 2 aliphatic heterocycles. The van der Waals surface area contributed by atoms with Crippen molar-refractivity contribution in [2.24, 2.45) is 17.8 Å². The van der Waals surface area contributed by atoms with E-state index in [0.717, 1.165) is 19.4 Å². The zero-order valence-corrected chi connectivity index (χ0v) is 16.6. The van der Waals surface area contributed by atoms with Crippen LogP contribution in [0.5, 0.6) is 0 Å². The molecule has 6 nitrogen and oxygen atoms in total. The molecular formula is C19H34N2O4. The minimum Gasteiger partial charge on any atom is -0.460 e. The quantitative estimate of drug-likeness (QED) is 0.772. The van der Waals surface area contributed by atoms with E-state index in [4.69, 9.17) is 9.47 Å². The van der Waals surface area contributed by atoms with E-state index in [-0.39, 0.29) is 23.9 Å². The number of rotatable bonds is 2. The number of amides is 1. The zero-order chi connectivity index (χ0) is 18.8. The third kappa shape index (κ3) is 5.87. The lowest BCUT2D eigenvalue weighted by atomic mass is 9.78. The van der Waals surface area contributed by atoms with Gasteiger partial charge in [-0.3, -0.25) is 4.79 Å².